The Kier molecular flexibility index (Phi) is 3.22. The number of nitrogens with zero attached hydrogens (tertiary/aromatic N) is 3. The highest BCUT2D eigenvalue weighted by Gasteiger charge is 2.08. The second kappa shape index (κ2) is 5.52. The number of nitrogens with one attached hydrogen (secondary N) is 1. The molecule has 0 aliphatic heterocycles. The van der Waals surface area contributed by atoms with Crippen molar-refractivity contribution in [1.82, 2.24) is 14.5 Å². The van der Waals surface area contributed by atoms with Crippen LogP contribution in [-0.4, -0.2) is 14.5 Å². The van der Waals surface area contributed by atoms with Gasteiger partial charge in [-0.3, -0.25) is 9.78 Å². The zero-order valence-corrected chi connectivity index (χ0v) is 12.6. The molecule has 4 aromatic rings. The van der Waals surface area contributed by atoms with E-state index in [0.29, 0.717) is 5.52 Å². The zero-order chi connectivity index (χ0) is 16.5. The molecular formula is C19H12N4O. The summed E-state index contributed by atoms with van der Waals surface area (Å²) in [4.78, 5) is 18.6. The summed E-state index contributed by atoms with van der Waals surface area (Å²) < 4.78 is 1.94. The first-order valence-electron chi connectivity index (χ1n) is 7.41. The van der Waals surface area contributed by atoms with Crippen molar-refractivity contribution in [1.29, 1.82) is 5.26 Å². The fourth-order valence-corrected chi connectivity index (χ4v) is 2.75. The van der Waals surface area contributed by atoms with Crippen LogP contribution in [0.2, 0.25) is 0 Å². The van der Waals surface area contributed by atoms with Crippen LogP contribution in [-0.2, 0) is 0 Å². The Morgan fingerprint density at radius 1 is 1.08 bits per heavy atom. The second-order valence-electron chi connectivity index (χ2n) is 5.40. The predicted octanol–water partition coefficient (Wildman–Crippen LogP) is 3.25. The van der Waals surface area contributed by atoms with Gasteiger partial charge in [-0.2, -0.15) is 5.26 Å². The summed E-state index contributed by atoms with van der Waals surface area (Å²) in [5.41, 5.74) is 4.32. The van der Waals surface area contributed by atoms with Crippen molar-refractivity contribution >= 4 is 11.0 Å². The van der Waals surface area contributed by atoms with E-state index < -0.39 is 0 Å². The van der Waals surface area contributed by atoms with E-state index in [4.69, 9.17) is 5.26 Å². The van der Waals surface area contributed by atoms with Crippen LogP contribution in [0.15, 0.2) is 71.9 Å². The molecule has 0 saturated heterocycles. The summed E-state index contributed by atoms with van der Waals surface area (Å²) in [5.74, 6) is 0. The lowest BCUT2D eigenvalue weighted by atomic mass is 10.1. The van der Waals surface area contributed by atoms with E-state index in [9.17, 15) is 4.79 Å². The maximum absolute atomic E-state index is 11.7. The van der Waals surface area contributed by atoms with Gasteiger partial charge in [0.2, 0.25) is 0 Å². The van der Waals surface area contributed by atoms with Gasteiger partial charge in [-0.25, -0.2) is 0 Å². The first-order valence-corrected chi connectivity index (χ1v) is 7.41. The first kappa shape index (κ1) is 14.0. The fraction of sp³-hybridized carbons (Fsp3) is 0. The van der Waals surface area contributed by atoms with Crippen LogP contribution < -0.4 is 5.56 Å². The summed E-state index contributed by atoms with van der Waals surface area (Å²) in [7, 11) is 0. The zero-order valence-electron chi connectivity index (χ0n) is 12.6. The largest absolute Gasteiger partial charge is 0.319 e. The van der Waals surface area contributed by atoms with Gasteiger partial charge in [0.1, 0.15) is 11.6 Å². The van der Waals surface area contributed by atoms with Gasteiger partial charge in [0.05, 0.1) is 11.0 Å². The lowest BCUT2D eigenvalue weighted by Gasteiger charge is -2.07. The monoisotopic (exact) mass is 312 g/mol. The van der Waals surface area contributed by atoms with Gasteiger partial charge in [0, 0.05) is 24.3 Å². The maximum Gasteiger partial charge on any atom is 0.266 e. The molecular weight excluding hydrogens is 300 g/mol. The summed E-state index contributed by atoms with van der Waals surface area (Å²) in [6.07, 6.45) is 5.45. The minimum Gasteiger partial charge on any atom is -0.319 e. The van der Waals surface area contributed by atoms with Crippen molar-refractivity contribution in [2.45, 2.75) is 0 Å². The van der Waals surface area contributed by atoms with Crippen LogP contribution in [0.4, 0.5) is 0 Å². The minimum atomic E-state index is -0.366. The molecule has 0 saturated carbocycles. The van der Waals surface area contributed by atoms with E-state index in [2.05, 4.69) is 9.97 Å². The van der Waals surface area contributed by atoms with Crippen molar-refractivity contribution in [3.05, 3.63) is 83.0 Å². The summed E-state index contributed by atoms with van der Waals surface area (Å²) >= 11 is 0. The van der Waals surface area contributed by atoms with Crippen molar-refractivity contribution in [3.63, 3.8) is 0 Å². The Balaban J connectivity index is 1.81. The quantitative estimate of drug-likeness (QED) is 0.617. The number of hydrogen-bond donors (Lipinski definition) is 1. The molecule has 0 aliphatic rings. The second-order valence-corrected chi connectivity index (χ2v) is 5.40. The average molecular weight is 312 g/mol. The van der Waals surface area contributed by atoms with Gasteiger partial charge in [-0.15, -0.1) is 0 Å². The third-order valence-corrected chi connectivity index (χ3v) is 3.96. The van der Waals surface area contributed by atoms with Crippen molar-refractivity contribution in [2.75, 3.05) is 0 Å². The van der Waals surface area contributed by atoms with Crippen molar-refractivity contribution in [3.8, 4) is 22.9 Å². The highest BCUT2D eigenvalue weighted by Crippen LogP contribution is 2.23. The highest BCUT2D eigenvalue weighted by molar-refractivity contribution is 5.79. The van der Waals surface area contributed by atoms with Gasteiger partial charge < -0.3 is 9.55 Å². The van der Waals surface area contributed by atoms with Crippen LogP contribution in [0.3, 0.4) is 0 Å². The summed E-state index contributed by atoms with van der Waals surface area (Å²) in [5, 5.41) is 9.05. The molecule has 3 heterocycles. The van der Waals surface area contributed by atoms with Gasteiger partial charge >= 0.3 is 0 Å². The topological polar surface area (TPSA) is 74.5 Å². The molecule has 0 spiro atoms. The number of H-pyrrole nitrogens is 1. The number of fused-ring (bicyclic) bond motifs is 1. The number of pyridine rings is 2. The van der Waals surface area contributed by atoms with Crippen molar-refractivity contribution in [2.24, 2.45) is 0 Å². The Bertz CT molecular complexity index is 1120. The van der Waals surface area contributed by atoms with Crippen LogP contribution >= 0.6 is 0 Å². The Labute approximate surface area is 137 Å². The molecule has 5 nitrogen and oxygen atoms in total. The molecule has 3 aromatic heterocycles. The lowest BCUT2D eigenvalue weighted by Crippen LogP contribution is -2.09. The van der Waals surface area contributed by atoms with Crippen LogP contribution in [0.25, 0.3) is 27.8 Å². The van der Waals surface area contributed by atoms with Crippen molar-refractivity contribution < 1.29 is 0 Å². The molecule has 1 N–H and O–H groups in total. The number of hydrogen-bond acceptors (Lipinski definition) is 3. The summed E-state index contributed by atoms with van der Waals surface area (Å²) in [6.45, 7) is 0. The third kappa shape index (κ3) is 2.27. The average Bonchev–Trinajstić information content (AvgIpc) is 3.04. The van der Waals surface area contributed by atoms with Crippen LogP contribution in [0, 0.1) is 11.3 Å². The van der Waals surface area contributed by atoms with Gasteiger partial charge in [-0.1, -0.05) is 18.2 Å². The SMILES string of the molecule is N#Cc1cc2c(ccn2-c2ccc(-c3cccnc3)cc2)[nH]c1=O. The van der Waals surface area contributed by atoms with E-state index >= 15 is 0 Å². The van der Waals surface area contributed by atoms with Gasteiger partial charge in [0.25, 0.3) is 5.56 Å². The maximum atomic E-state index is 11.7. The number of rotatable bonds is 2. The van der Waals surface area contributed by atoms with E-state index in [0.717, 1.165) is 22.3 Å². The van der Waals surface area contributed by atoms with Gasteiger partial charge in [-0.05, 0) is 41.5 Å². The first-order chi connectivity index (χ1) is 11.8. The molecule has 0 radical (unpaired) electrons. The molecule has 0 fully saturated rings. The van der Waals surface area contributed by atoms with E-state index in [-0.39, 0.29) is 11.1 Å². The molecule has 114 valence electrons. The molecule has 4 rings (SSSR count). The number of nitriles is 1. The number of benzene rings is 1. The molecule has 0 unspecified atom stereocenters. The highest BCUT2D eigenvalue weighted by atomic mass is 16.1. The molecule has 1 aromatic carbocycles. The number of aromatic amines is 1. The van der Waals surface area contributed by atoms with Crippen LogP contribution in [0.1, 0.15) is 5.56 Å². The normalized spacial score (nSPS) is 10.6. The molecule has 0 aliphatic carbocycles. The van der Waals surface area contributed by atoms with Gasteiger partial charge in [0.15, 0.2) is 0 Å². The standard InChI is InChI=1S/C19H12N4O/c20-11-15-10-18-17(22-19(15)24)7-9-23(18)16-5-3-13(4-6-16)14-2-1-8-21-12-14/h1-10,12H,(H,22,24). The molecule has 24 heavy (non-hydrogen) atoms. The van der Waals surface area contributed by atoms with Crippen LogP contribution in [0.5, 0.6) is 0 Å². The third-order valence-electron chi connectivity index (χ3n) is 3.96. The Morgan fingerprint density at radius 2 is 1.92 bits per heavy atom. The lowest BCUT2D eigenvalue weighted by molar-refractivity contribution is 1.12. The predicted molar refractivity (Wildman–Crippen MR) is 91.8 cm³/mol. The van der Waals surface area contributed by atoms with E-state index in [1.54, 1.807) is 12.3 Å². The number of aromatic nitrogens is 3. The Hall–Kier alpha value is -3.65. The molecule has 0 amide bonds. The minimum absolute atomic E-state index is 0.106. The molecule has 0 bridgehead atoms. The smallest absolute Gasteiger partial charge is 0.266 e. The Morgan fingerprint density at radius 3 is 2.62 bits per heavy atom. The van der Waals surface area contributed by atoms with E-state index in [1.807, 2.05) is 65.5 Å². The molecule has 5 heteroatoms. The molecule has 0 atom stereocenters. The summed E-state index contributed by atoms with van der Waals surface area (Å²) in [6, 6.07) is 17.3. The fourth-order valence-electron chi connectivity index (χ4n) is 2.75. The van der Waals surface area contributed by atoms with E-state index in [1.165, 1.54) is 0 Å².